The molecule has 1 aliphatic rings. The predicted octanol–water partition coefficient (Wildman–Crippen LogP) is 4.42. The number of carbonyl (C=O) groups excluding carboxylic acids is 1. The van der Waals surface area contributed by atoms with Crippen molar-refractivity contribution in [3.05, 3.63) is 61.4 Å². The number of nitrogens with zero attached hydrogens (tertiary/aromatic N) is 2. The molecule has 3 aromatic rings. The monoisotopic (exact) mass is 459 g/mol. The van der Waals surface area contributed by atoms with Gasteiger partial charge in [0.25, 0.3) is 5.56 Å². The molecule has 1 saturated carbocycles. The molecule has 1 aliphatic carbocycles. The van der Waals surface area contributed by atoms with E-state index in [1.165, 1.54) is 11.3 Å². The average molecular weight is 460 g/mol. The SMILES string of the molecule is Cc1sc2ncn(CCC(=O)NC3(c4cccc(Br)c4)CCC3)c(=O)c2c1C. The summed E-state index contributed by atoms with van der Waals surface area (Å²) in [5, 5.41) is 3.90. The first-order valence-corrected chi connectivity index (χ1v) is 11.0. The predicted molar refractivity (Wildman–Crippen MR) is 116 cm³/mol. The molecular formula is C21H22BrN3O2S. The van der Waals surface area contributed by atoms with Gasteiger partial charge >= 0.3 is 0 Å². The Labute approximate surface area is 175 Å². The Hall–Kier alpha value is -1.99. The maximum atomic E-state index is 12.8. The molecule has 1 amide bonds. The maximum absolute atomic E-state index is 12.8. The standard InChI is InChI=1S/C21H22BrN3O2S/c1-13-14(2)28-19-18(13)20(27)25(12-23-19)10-7-17(26)24-21(8-4-9-21)15-5-3-6-16(22)11-15/h3,5-6,11-12H,4,7-10H2,1-2H3,(H,24,26). The minimum atomic E-state index is -0.283. The number of amides is 1. The van der Waals surface area contributed by atoms with Crippen molar-refractivity contribution in [2.45, 2.75) is 51.6 Å². The first-order chi connectivity index (χ1) is 13.4. The molecule has 28 heavy (non-hydrogen) atoms. The van der Waals surface area contributed by atoms with E-state index in [9.17, 15) is 9.59 Å². The van der Waals surface area contributed by atoms with Crippen molar-refractivity contribution in [3.63, 3.8) is 0 Å². The number of nitrogens with one attached hydrogen (secondary N) is 1. The number of fused-ring (bicyclic) bond motifs is 1. The van der Waals surface area contributed by atoms with Crippen LogP contribution in [0.1, 0.15) is 41.7 Å². The summed E-state index contributed by atoms with van der Waals surface area (Å²) in [6, 6.07) is 8.12. The Morgan fingerprint density at radius 1 is 1.36 bits per heavy atom. The largest absolute Gasteiger partial charge is 0.347 e. The van der Waals surface area contributed by atoms with E-state index in [0.29, 0.717) is 11.9 Å². The van der Waals surface area contributed by atoms with Gasteiger partial charge in [0.1, 0.15) is 4.83 Å². The van der Waals surface area contributed by atoms with Gasteiger partial charge in [-0.1, -0.05) is 28.1 Å². The smallest absolute Gasteiger partial charge is 0.262 e. The van der Waals surface area contributed by atoms with E-state index in [1.807, 2.05) is 26.0 Å². The number of hydrogen-bond donors (Lipinski definition) is 1. The number of thiophene rings is 1. The second-order valence-corrected chi connectivity index (χ2v) is 9.57. The number of halogens is 1. The molecule has 0 spiro atoms. The quantitative estimate of drug-likeness (QED) is 0.613. The lowest BCUT2D eigenvalue weighted by Crippen LogP contribution is -2.51. The summed E-state index contributed by atoms with van der Waals surface area (Å²) < 4.78 is 2.56. The highest BCUT2D eigenvalue weighted by atomic mass is 79.9. The average Bonchev–Trinajstić information content (AvgIpc) is 2.92. The number of aromatic nitrogens is 2. The fourth-order valence-corrected chi connectivity index (χ4v) is 5.17. The second-order valence-electron chi connectivity index (χ2n) is 7.45. The van der Waals surface area contributed by atoms with Gasteiger partial charge in [-0.05, 0) is 56.4 Å². The van der Waals surface area contributed by atoms with Crippen molar-refractivity contribution in [1.82, 2.24) is 14.9 Å². The van der Waals surface area contributed by atoms with Crippen LogP contribution in [0.4, 0.5) is 0 Å². The van der Waals surface area contributed by atoms with Crippen molar-refractivity contribution in [1.29, 1.82) is 0 Å². The number of rotatable bonds is 5. The van der Waals surface area contributed by atoms with Crippen LogP contribution in [0.3, 0.4) is 0 Å². The molecule has 0 unspecified atom stereocenters. The van der Waals surface area contributed by atoms with Crippen LogP contribution in [0.25, 0.3) is 10.2 Å². The Morgan fingerprint density at radius 3 is 2.82 bits per heavy atom. The van der Waals surface area contributed by atoms with Crippen molar-refractivity contribution in [3.8, 4) is 0 Å². The van der Waals surface area contributed by atoms with Gasteiger partial charge in [-0.15, -0.1) is 11.3 Å². The lowest BCUT2D eigenvalue weighted by molar-refractivity contribution is -0.124. The highest BCUT2D eigenvalue weighted by Crippen LogP contribution is 2.42. The molecule has 0 bridgehead atoms. The molecule has 1 N–H and O–H groups in total. The molecule has 0 aliphatic heterocycles. The molecule has 2 aromatic heterocycles. The fourth-order valence-electron chi connectivity index (χ4n) is 3.78. The van der Waals surface area contributed by atoms with Gasteiger partial charge in [-0.25, -0.2) is 4.98 Å². The molecule has 0 saturated heterocycles. The van der Waals surface area contributed by atoms with E-state index in [-0.39, 0.29) is 23.4 Å². The van der Waals surface area contributed by atoms with Gasteiger partial charge in [0.05, 0.1) is 17.3 Å². The minimum absolute atomic E-state index is 0.0371. The molecule has 1 fully saturated rings. The van der Waals surface area contributed by atoms with E-state index in [4.69, 9.17) is 0 Å². The summed E-state index contributed by atoms with van der Waals surface area (Å²) in [4.78, 5) is 31.7. The Kier molecular flexibility index (Phi) is 5.14. The van der Waals surface area contributed by atoms with Crippen LogP contribution >= 0.6 is 27.3 Å². The second kappa shape index (κ2) is 7.44. The number of hydrogen-bond acceptors (Lipinski definition) is 4. The normalized spacial score (nSPS) is 15.4. The fraction of sp³-hybridized carbons (Fsp3) is 0.381. The van der Waals surface area contributed by atoms with Crippen molar-refractivity contribution < 1.29 is 4.79 Å². The Balaban J connectivity index is 1.49. The summed E-state index contributed by atoms with van der Waals surface area (Å²) in [5.41, 5.74) is 1.77. The van der Waals surface area contributed by atoms with Crippen LogP contribution in [0, 0.1) is 13.8 Å². The summed E-state index contributed by atoms with van der Waals surface area (Å²) in [5.74, 6) is -0.0371. The van der Waals surface area contributed by atoms with E-state index in [1.54, 1.807) is 10.9 Å². The topological polar surface area (TPSA) is 64.0 Å². The van der Waals surface area contributed by atoms with Gasteiger partial charge in [-0.2, -0.15) is 0 Å². The minimum Gasteiger partial charge on any atom is -0.347 e. The van der Waals surface area contributed by atoms with Crippen molar-refractivity contribution >= 4 is 43.4 Å². The highest BCUT2D eigenvalue weighted by Gasteiger charge is 2.39. The molecule has 7 heteroatoms. The Morgan fingerprint density at radius 2 is 2.14 bits per heavy atom. The first kappa shape index (κ1) is 19.3. The third kappa shape index (κ3) is 3.42. The van der Waals surface area contributed by atoms with Crippen LogP contribution in [0.2, 0.25) is 0 Å². The van der Waals surface area contributed by atoms with Crippen molar-refractivity contribution in [2.75, 3.05) is 0 Å². The van der Waals surface area contributed by atoms with E-state index < -0.39 is 0 Å². The van der Waals surface area contributed by atoms with Gasteiger partial charge in [0.15, 0.2) is 0 Å². The van der Waals surface area contributed by atoms with Gasteiger partial charge in [0.2, 0.25) is 5.91 Å². The van der Waals surface area contributed by atoms with Gasteiger partial charge < -0.3 is 5.32 Å². The van der Waals surface area contributed by atoms with E-state index in [2.05, 4.69) is 38.4 Å². The third-order valence-corrected chi connectivity index (χ3v) is 7.31. The van der Waals surface area contributed by atoms with Crippen LogP contribution in [0.15, 0.2) is 39.9 Å². The molecule has 4 rings (SSSR count). The van der Waals surface area contributed by atoms with Crippen LogP contribution in [-0.2, 0) is 16.9 Å². The van der Waals surface area contributed by atoms with Gasteiger partial charge in [-0.3, -0.25) is 14.2 Å². The first-order valence-electron chi connectivity index (χ1n) is 9.42. The summed E-state index contributed by atoms with van der Waals surface area (Å²) in [6.45, 7) is 4.28. The number of aryl methyl sites for hydroxylation is 3. The van der Waals surface area contributed by atoms with Crippen LogP contribution in [0.5, 0.6) is 0 Å². The van der Waals surface area contributed by atoms with Gasteiger partial charge in [0, 0.05) is 22.3 Å². The van der Waals surface area contributed by atoms with E-state index in [0.717, 1.165) is 44.6 Å². The van der Waals surface area contributed by atoms with E-state index >= 15 is 0 Å². The zero-order valence-corrected chi connectivity index (χ0v) is 18.3. The summed E-state index contributed by atoms with van der Waals surface area (Å²) in [6.07, 6.45) is 4.79. The molecular weight excluding hydrogens is 438 g/mol. The number of benzene rings is 1. The lowest BCUT2D eigenvalue weighted by atomic mass is 9.71. The van der Waals surface area contributed by atoms with Crippen LogP contribution < -0.4 is 10.9 Å². The molecule has 5 nitrogen and oxygen atoms in total. The zero-order valence-electron chi connectivity index (χ0n) is 15.9. The molecule has 2 heterocycles. The maximum Gasteiger partial charge on any atom is 0.262 e. The zero-order chi connectivity index (χ0) is 19.9. The molecule has 1 aromatic carbocycles. The third-order valence-electron chi connectivity index (χ3n) is 5.70. The molecule has 146 valence electrons. The van der Waals surface area contributed by atoms with Crippen molar-refractivity contribution in [2.24, 2.45) is 0 Å². The highest BCUT2D eigenvalue weighted by molar-refractivity contribution is 9.10. The number of carbonyl (C=O) groups is 1. The lowest BCUT2D eigenvalue weighted by Gasteiger charge is -2.43. The molecule has 0 radical (unpaired) electrons. The summed E-state index contributed by atoms with van der Waals surface area (Å²) >= 11 is 5.05. The molecule has 0 atom stereocenters. The summed E-state index contributed by atoms with van der Waals surface area (Å²) in [7, 11) is 0. The Bertz CT molecular complexity index is 1110. The van der Waals surface area contributed by atoms with Crippen LogP contribution in [-0.4, -0.2) is 15.5 Å².